The molecule has 3 rings (SSSR count). The van der Waals surface area contributed by atoms with Gasteiger partial charge in [0.25, 0.3) is 17.7 Å². The number of carbonyl (C=O) groups excluding carboxylic acids is 4. The summed E-state index contributed by atoms with van der Waals surface area (Å²) < 4.78 is 22.0. The number of hydrogen-bond donors (Lipinski definition) is 2. The fourth-order valence-electron chi connectivity index (χ4n) is 3.29. The SMILES string of the molecule is CCCOc1ccc(N2C(=O)NC(=O)/C(=C\c3cc(Br)c(OCC(N)=O)c(OC)c3)C2=O)cc1OC. The third-order valence-electron chi connectivity index (χ3n) is 4.89. The molecule has 0 atom stereocenters. The number of urea groups is 1. The minimum atomic E-state index is -0.902. The molecule has 2 aromatic rings. The molecule has 190 valence electrons. The first kappa shape index (κ1) is 26.5. The fraction of sp³-hybridized carbons (Fsp3) is 0.250. The first-order chi connectivity index (χ1) is 17.2. The number of imide groups is 2. The van der Waals surface area contributed by atoms with E-state index in [1.807, 2.05) is 6.92 Å². The van der Waals surface area contributed by atoms with E-state index < -0.39 is 23.8 Å². The summed E-state index contributed by atoms with van der Waals surface area (Å²) in [7, 11) is 2.82. The van der Waals surface area contributed by atoms with E-state index in [9.17, 15) is 19.2 Å². The Bertz CT molecular complexity index is 1240. The monoisotopic (exact) mass is 561 g/mol. The van der Waals surface area contributed by atoms with Gasteiger partial charge in [-0.2, -0.15) is 0 Å². The van der Waals surface area contributed by atoms with Gasteiger partial charge in [-0.15, -0.1) is 0 Å². The average Bonchev–Trinajstić information content (AvgIpc) is 2.84. The Labute approximate surface area is 215 Å². The third-order valence-corrected chi connectivity index (χ3v) is 5.48. The predicted molar refractivity (Wildman–Crippen MR) is 133 cm³/mol. The van der Waals surface area contributed by atoms with Crippen LogP contribution in [0.4, 0.5) is 10.5 Å². The predicted octanol–water partition coefficient (Wildman–Crippen LogP) is 2.79. The fourth-order valence-corrected chi connectivity index (χ4v) is 3.87. The van der Waals surface area contributed by atoms with Crippen LogP contribution in [0.1, 0.15) is 18.9 Å². The van der Waals surface area contributed by atoms with Gasteiger partial charge in [0, 0.05) is 6.07 Å². The molecule has 2 aromatic carbocycles. The van der Waals surface area contributed by atoms with Gasteiger partial charge in [-0.05, 0) is 58.3 Å². The van der Waals surface area contributed by atoms with Crippen molar-refractivity contribution in [3.8, 4) is 23.0 Å². The van der Waals surface area contributed by atoms with Crippen molar-refractivity contribution >= 4 is 51.4 Å². The van der Waals surface area contributed by atoms with Crippen molar-refractivity contribution < 1.29 is 38.1 Å². The number of benzene rings is 2. The normalized spacial score (nSPS) is 14.5. The molecule has 0 unspecified atom stereocenters. The smallest absolute Gasteiger partial charge is 0.335 e. The summed E-state index contributed by atoms with van der Waals surface area (Å²) in [6.07, 6.45) is 2.09. The molecule has 1 aliphatic rings. The molecule has 0 radical (unpaired) electrons. The number of methoxy groups -OCH3 is 2. The highest BCUT2D eigenvalue weighted by atomic mass is 79.9. The summed E-state index contributed by atoms with van der Waals surface area (Å²) >= 11 is 3.32. The van der Waals surface area contributed by atoms with Gasteiger partial charge in [-0.1, -0.05) is 6.92 Å². The van der Waals surface area contributed by atoms with E-state index in [0.717, 1.165) is 11.3 Å². The van der Waals surface area contributed by atoms with Crippen molar-refractivity contribution in [3.63, 3.8) is 0 Å². The quantitative estimate of drug-likeness (QED) is 0.332. The van der Waals surface area contributed by atoms with Gasteiger partial charge in [-0.3, -0.25) is 19.7 Å². The van der Waals surface area contributed by atoms with Crippen molar-refractivity contribution in [2.75, 3.05) is 32.3 Å². The van der Waals surface area contributed by atoms with E-state index >= 15 is 0 Å². The van der Waals surface area contributed by atoms with E-state index in [-0.39, 0.29) is 29.4 Å². The lowest BCUT2D eigenvalue weighted by Gasteiger charge is -2.27. The number of anilines is 1. The number of halogens is 1. The molecule has 0 spiro atoms. The van der Waals surface area contributed by atoms with E-state index in [2.05, 4.69) is 21.2 Å². The molecule has 1 aliphatic heterocycles. The van der Waals surface area contributed by atoms with E-state index in [4.69, 9.17) is 24.7 Å². The van der Waals surface area contributed by atoms with Crippen LogP contribution in [0.15, 0.2) is 40.4 Å². The zero-order chi connectivity index (χ0) is 26.4. The summed E-state index contributed by atoms with van der Waals surface area (Å²) in [5.74, 6) is -1.16. The van der Waals surface area contributed by atoms with Crippen LogP contribution in [0.2, 0.25) is 0 Å². The molecule has 0 aliphatic carbocycles. The van der Waals surface area contributed by atoms with Gasteiger partial charge in [0.05, 0.1) is 31.0 Å². The first-order valence-electron chi connectivity index (χ1n) is 10.7. The molecule has 12 heteroatoms. The average molecular weight is 562 g/mol. The zero-order valence-electron chi connectivity index (χ0n) is 19.8. The van der Waals surface area contributed by atoms with Crippen molar-refractivity contribution in [2.45, 2.75) is 13.3 Å². The van der Waals surface area contributed by atoms with Crippen LogP contribution < -0.4 is 34.9 Å². The van der Waals surface area contributed by atoms with Gasteiger partial charge in [0.1, 0.15) is 5.57 Å². The lowest BCUT2D eigenvalue weighted by Crippen LogP contribution is -2.54. The van der Waals surface area contributed by atoms with Crippen molar-refractivity contribution in [1.29, 1.82) is 0 Å². The molecule has 0 saturated carbocycles. The Morgan fingerprint density at radius 2 is 1.78 bits per heavy atom. The molecule has 11 nitrogen and oxygen atoms in total. The maximum absolute atomic E-state index is 13.3. The first-order valence-corrected chi connectivity index (χ1v) is 11.5. The molecule has 0 aromatic heterocycles. The van der Waals surface area contributed by atoms with Crippen LogP contribution in [-0.2, 0) is 14.4 Å². The van der Waals surface area contributed by atoms with E-state index in [1.165, 1.54) is 38.5 Å². The number of rotatable bonds is 10. The maximum atomic E-state index is 13.3. The van der Waals surface area contributed by atoms with Crippen LogP contribution >= 0.6 is 15.9 Å². The summed E-state index contributed by atoms with van der Waals surface area (Å²) in [5.41, 5.74) is 5.41. The molecule has 1 fully saturated rings. The van der Waals surface area contributed by atoms with Gasteiger partial charge in [-0.25, -0.2) is 9.69 Å². The number of nitrogens with one attached hydrogen (secondary N) is 1. The number of barbiturate groups is 1. The van der Waals surface area contributed by atoms with Crippen LogP contribution in [-0.4, -0.2) is 51.2 Å². The number of carbonyl (C=O) groups is 4. The lowest BCUT2D eigenvalue weighted by atomic mass is 10.1. The summed E-state index contributed by atoms with van der Waals surface area (Å²) in [4.78, 5) is 50.3. The Morgan fingerprint density at radius 1 is 1.06 bits per heavy atom. The van der Waals surface area contributed by atoms with Gasteiger partial charge in [0.15, 0.2) is 29.6 Å². The number of ether oxygens (including phenoxy) is 4. The molecular weight excluding hydrogens is 538 g/mol. The van der Waals surface area contributed by atoms with Crippen LogP contribution in [0.5, 0.6) is 23.0 Å². The second-order valence-electron chi connectivity index (χ2n) is 7.43. The van der Waals surface area contributed by atoms with Crippen molar-refractivity contribution in [1.82, 2.24) is 5.32 Å². The topological polar surface area (TPSA) is 146 Å². The number of hydrogen-bond acceptors (Lipinski definition) is 8. The van der Waals surface area contributed by atoms with E-state index in [1.54, 1.807) is 12.1 Å². The van der Waals surface area contributed by atoms with Gasteiger partial charge in [0.2, 0.25) is 0 Å². The number of nitrogens with two attached hydrogens (primary N) is 1. The van der Waals surface area contributed by atoms with Gasteiger partial charge >= 0.3 is 6.03 Å². The minimum absolute atomic E-state index is 0.186. The van der Waals surface area contributed by atoms with E-state index in [0.29, 0.717) is 28.1 Å². The van der Waals surface area contributed by atoms with Crippen LogP contribution in [0, 0.1) is 0 Å². The second-order valence-corrected chi connectivity index (χ2v) is 8.28. The Kier molecular flexibility index (Phi) is 8.54. The second kappa shape index (κ2) is 11.6. The maximum Gasteiger partial charge on any atom is 0.335 e. The van der Waals surface area contributed by atoms with Crippen LogP contribution in [0.3, 0.4) is 0 Å². The molecular formula is C24H24BrN3O8. The third kappa shape index (κ3) is 5.77. The van der Waals surface area contributed by atoms with Crippen molar-refractivity contribution in [3.05, 3.63) is 45.9 Å². The molecule has 5 amide bonds. The Morgan fingerprint density at radius 3 is 2.42 bits per heavy atom. The summed E-state index contributed by atoms with van der Waals surface area (Å²) in [5, 5.41) is 2.17. The van der Waals surface area contributed by atoms with Crippen LogP contribution in [0.25, 0.3) is 6.08 Å². The Hall–Kier alpha value is -4.06. The standard InChI is InChI=1S/C24H24BrN3O8/c1-4-7-35-17-6-5-14(11-18(17)33-2)28-23(31)15(22(30)27-24(28)32)8-13-9-16(25)21(19(10-13)34-3)36-12-20(26)29/h5-6,8-11H,4,7,12H2,1-3H3,(H2,26,29)(H,27,30,32)/b15-8+. The highest BCUT2D eigenvalue weighted by Crippen LogP contribution is 2.38. The highest BCUT2D eigenvalue weighted by Gasteiger charge is 2.37. The number of primary amides is 1. The largest absolute Gasteiger partial charge is 0.493 e. The summed E-state index contributed by atoms with van der Waals surface area (Å²) in [6.45, 7) is 2.04. The van der Waals surface area contributed by atoms with Gasteiger partial charge < -0.3 is 24.7 Å². The highest BCUT2D eigenvalue weighted by molar-refractivity contribution is 9.10. The molecule has 3 N–H and O–H groups in total. The Balaban J connectivity index is 1.98. The molecule has 1 heterocycles. The number of amides is 5. The lowest BCUT2D eigenvalue weighted by molar-refractivity contribution is -0.123. The minimum Gasteiger partial charge on any atom is -0.493 e. The van der Waals surface area contributed by atoms with Crippen molar-refractivity contribution in [2.24, 2.45) is 5.73 Å². The number of nitrogens with zero attached hydrogens (tertiary/aromatic N) is 1. The summed E-state index contributed by atoms with van der Waals surface area (Å²) in [6, 6.07) is 6.72. The molecule has 36 heavy (non-hydrogen) atoms. The zero-order valence-corrected chi connectivity index (χ0v) is 21.3. The molecule has 0 bridgehead atoms. The molecule has 1 saturated heterocycles.